The zero-order valence-electron chi connectivity index (χ0n) is 16.4. The number of anilines is 1. The zero-order chi connectivity index (χ0) is 20.4. The molecule has 0 unspecified atom stereocenters. The van der Waals surface area contributed by atoms with Crippen LogP contribution < -0.4 is 10.6 Å². The maximum absolute atomic E-state index is 12.1. The second kappa shape index (κ2) is 11.8. The van der Waals surface area contributed by atoms with Crippen molar-refractivity contribution in [1.29, 1.82) is 0 Å². The summed E-state index contributed by atoms with van der Waals surface area (Å²) in [6.07, 6.45) is 1.74. The molecule has 2 N–H and O–H groups in total. The molecule has 2 rings (SSSR count). The molecule has 6 heteroatoms. The van der Waals surface area contributed by atoms with Crippen LogP contribution in [0.25, 0.3) is 0 Å². The van der Waals surface area contributed by atoms with Gasteiger partial charge in [-0.2, -0.15) is 11.8 Å². The first-order chi connectivity index (χ1) is 13.5. The van der Waals surface area contributed by atoms with Gasteiger partial charge in [0, 0.05) is 35.8 Å². The van der Waals surface area contributed by atoms with Gasteiger partial charge in [-0.1, -0.05) is 48.0 Å². The van der Waals surface area contributed by atoms with Crippen molar-refractivity contribution in [2.45, 2.75) is 39.7 Å². The predicted molar refractivity (Wildman–Crippen MR) is 119 cm³/mol. The minimum Gasteiger partial charge on any atom is -0.352 e. The van der Waals surface area contributed by atoms with E-state index in [1.54, 1.807) is 11.8 Å². The van der Waals surface area contributed by atoms with E-state index in [2.05, 4.69) is 10.6 Å². The van der Waals surface area contributed by atoms with Crippen molar-refractivity contribution in [2.24, 2.45) is 0 Å². The van der Waals surface area contributed by atoms with Crippen LogP contribution in [0.15, 0.2) is 42.5 Å². The SMILES string of the molecule is Cc1cccc(C)c1NC(=O)CCCSCCC(=O)NCc1ccccc1Cl. The standard InChI is InChI=1S/C22H27ClN2O2S/c1-16-7-5-8-17(2)22(16)25-21(27)11-6-13-28-14-12-20(26)24-15-18-9-3-4-10-19(18)23/h3-5,7-10H,6,11-15H2,1-2H3,(H,24,26)(H,25,27). The van der Waals surface area contributed by atoms with Crippen LogP contribution in [0.1, 0.15) is 36.0 Å². The minimum absolute atomic E-state index is 0.0141. The fourth-order valence-corrected chi connectivity index (χ4v) is 3.82. The molecule has 4 nitrogen and oxygen atoms in total. The third-order valence-electron chi connectivity index (χ3n) is 4.35. The summed E-state index contributed by atoms with van der Waals surface area (Å²) in [6, 6.07) is 13.5. The zero-order valence-corrected chi connectivity index (χ0v) is 18.0. The first-order valence-corrected chi connectivity index (χ1v) is 10.9. The molecular weight excluding hydrogens is 392 g/mol. The molecule has 2 aromatic rings. The number of rotatable bonds is 10. The predicted octanol–water partition coefficient (Wildman–Crippen LogP) is 5.12. The van der Waals surface area contributed by atoms with E-state index in [9.17, 15) is 9.59 Å². The Labute approximate surface area is 176 Å². The van der Waals surface area contributed by atoms with Crippen LogP contribution in [0.2, 0.25) is 5.02 Å². The van der Waals surface area contributed by atoms with Crippen LogP contribution in [0, 0.1) is 13.8 Å². The van der Waals surface area contributed by atoms with Gasteiger partial charge in [0.25, 0.3) is 0 Å². The average Bonchev–Trinajstić information content (AvgIpc) is 2.67. The van der Waals surface area contributed by atoms with E-state index in [1.165, 1.54) is 0 Å². The lowest BCUT2D eigenvalue weighted by Gasteiger charge is -2.11. The molecule has 0 spiro atoms. The highest BCUT2D eigenvalue weighted by Gasteiger charge is 2.07. The summed E-state index contributed by atoms with van der Waals surface area (Å²) in [7, 11) is 0. The van der Waals surface area contributed by atoms with Crippen LogP contribution in [0.4, 0.5) is 5.69 Å². The number of benzene rings is 2. The molecule has 0 saturated heterocycles. The van der Waals surface area contributed by atoms with Crippen molar-refractivity contribution in [3.63, 3.8) is 0 Å². The first-order valence-electron chi connectivity index (χ1n) is 9.41. The van der Waals surface area contributed by atoms with Crippen molar-refractivity contribution < 1.29 is 9.59 Å². The van der Waals surface area contributed by atoms with E-state index in [4.69, 9.17) is 11.6 Å². The summed E-state index contributed by atoms with van der Waals surface area (Å²) >= 11 is 7.77. The van der Waals surface area contributed by atoms with Crippen molar-refractivity contribution in [3.05, 3.63) is 64.2 Å². The van der Waals surface area contributed by atoms with Gasteiger partial charge >= 0.3 is 0 Å². The van der Waals surface area contributed by atoms with Crippen LogP contribution in [-0.2, 0) is 16.1 Å². The van der Waals surface area contributed by atoms with E-state index < -0.39 is 0 Å². The summed E-state index contributed by atoms with van der Waals surface area (Å²) in [5.41, 5.74) is 3.98. The third kappa shape index (κ3) is 7.56. The Hall–Kier alpha value is -1.98. The summed E-state index contributed by atoms with van der Waals surface area (Å²) in [4.78, 5) is 24.0. The number of hydrogen-bond acceptors (Lipinski definition) is 3. The maximum atomic E-state index is 12.1. The number of amides is 2. The average molecular weight is 419 g/mol. The number of aryl methyl sites for hydroxylation is 2. The van der Waals surface area contributed by atoms with Gasteiger partial charge in [0.15, 0.2) is 0 Å². The number of carbonyl (C=O) groups is 2. The lowest BCUT2D eigenvalue weighted by molar-refractivity contribution is -0.121. The Kier molecular flexibility index (Phi) is 9.38. The second-order valence-electron chi connectivity index (χ2n) is 6.65. The lowest BCUT2D eigenvalue weighted by atomic mass is 10.1. The Morgan fingerprint density at radius 1 is 0.929 bits per heavy atom. The van der Waals surface area contributed by atoms with Crippen LogP contribution in [-0.4, -0.2) is 23.3 Å². The van der Waals surface area contributed by atoms with Gasteiger partial charge in [0.1, 0.15) is 0 Å². The molecule has 0 heterocycles. The molecular formula is C22H27ClN2O2S. The molecule has 0 aliphatic rings. The van der Waals surface area contributed by atoms with Gasteiger partial charge in [0.05, 0.1) is 0 Å². The molecule has 0 aliphatic heterocycles. The Balaban J connectivity index is 1.56. The normalized spacial score (nSPS) is 10.5. The monoisotopic (exact) mass is 418 g/mol. The van der Waals surface area contributed by atoms with E-state index in [0.29, 0.717) is 24.4 Å². The molecule has 28 heavy (non-hydrogen) atoms. The molecule has 2 amide bonds. The Morgan fingerprint density at radius 2 is 1.64 bits per heavy atom. The molecule has 0 bridgehead atoms. The number of carbonyl (C=O) groups excluding carboxylic acids is 2. The molecule has 150 valence electrons. The van der Waals surface area contributed by atoms with Gasteiger partial charge in [-0.15, -0.1) is 0 Å². The Bertz CT molecular complexity index is 791. The van der Waals surface area contributed by atoms with Crippen molar-refractivity contribution >= 4 is 40.9 Å². The van der Waals surface area contributed by atoms with Crippen molar-refractivity contribution in [1.82, 2.24) is 5.32 Å². The smallest absolute Gasteiger partial charge is 0.224 e. The van der Waals surface area contributed by atoms with Crippen LogP contribution >= 0.6 is 23.4 Å². The highest BCUT2D eigenvalue weighted by molar-refractivity contribution is 7.99. The van der Waals surface area contributed by atoms with E-state index >= 15 is 0 Å². The maximum Gasteiger partial charge on any atom is 0.224 e. The van der Waals surface area contributed by atoms with E-state index in [1.807, 2.05) is 56.3 Å². The van der Waals surface area contributed by atoms with Crippen molar-refractivity contribution in [2.75, 3.05) is 16.8 Å². The third-order valence-corrected chi connectivity index (χ3v) is 5.78. The van der Waals surface area contributed by atoms with Gasteiger partial charge in [-0.3, -0.25) is 9.59 Å². The first kappa shape index (κ1) is 22.3. The number of nitrogens with one attached hydrogen (secondary N) is 2. The molecule has 0 aromatic heterocycles. The molecule has 0 radical (unpaired) electrons. The Morgan fingerprint density at radius 3 is 2.36 bits per heavy atom. The van der Waals surface area contributed by atoms with Crippen LogP contribution in [0.5, 0.6) is 0 Å². The lowest BCUT2D eigenvalue weighted by Crippen LogP contribution is -2.23. The largest absolute Gasteiger partial charge is 0.352 e. The molecule has 0 aliphatic carbocycles. The van der Waals surface area contributed by atoms with E-state index in [-0.39, 0.29) is 11.8 Å². The molecule has 0 fully saturated rings. The summed E-state index contributed by atoms with van der Waals surface area (Å²) in [5.74, 6) is 1.65. The number of para-hydroxylation sites is 1. The quantitative estimate of drug-likeness (QED) is 0.527. The summed E-state index contributed by atoms with van der Waals surface area (Å²) < 4.78 is 0. The fraction of sp³-hybridized carbons (Fsp3) is 0.364. The van der Waals surface area contributed by atoms with Crippen molar-refractivity contribution in [3.8, 4) is 0 Å². The topological polar surface area (TPSA) is 58.2 Å². The fourth-order valence-electron chi connectivity index (χ4n) is 2.74. The number of hydrogen-bond donors (Lipinski definition) is 2. The summed E-state index contributed by atoms with van der Waals surface area (Å²) in [5, 5.41) is 6.55. The highest BCUT2D eigenvalue weighted by Crippen LogP contribution is 2.20. The molecule has 0 atom stereocenters. The summed E-state index contributed by atoms with van der Waals surface area (Å²) in [6.45, 7) is 4.44. The van der Waals surface area contributed by atoms with Gasteiger partial charge in [-0.25, -0.2) is 0 Å². The highest BCUT2D eigenvalue weighted by atomic mass is 35.5. The minimum atomic E-state index is 0.0141. The number of thioether (sulfide) groups is 1. The van der Waals surface area contributed by atoms with Gasteiger partial charge in [0.2, 0.25) is 11.8 Å². The van der Waals surface area contributed by atoms with Gasteiger partial charge in [-0.05, 0) is 48.8 Å². The number of halogens is 1. The van der Waals surface area contributed by atoms with Crippen LogP contribution in [0.3, 0.4) is 0 Å². The molecule has 2 aromatic carbocycles. The second-order valence-corrected chi connectivity index (χ2v) is 8.28. The molecule has 0 saturated carbocycles. The van der Waals surface area contributed by atoms with Gasteiger partial charge < -0.3 is 10.6 Å². The van der Waals surface area contributed by atoms with E-state index in [0.717, 1.165) is 40.3 Å².